The van der Waals surface area contributed by atoms with E-state index in [2.05, 4.69) is 17.9 Å². The molecule has 0 saturated heterocycles. The van der Waals surface area contributed by atoms with Crippen LogP contribution in [-0.4, -0.2) is 35.3 Å². The van der Waals surface area contributed by atoms with Gasteiger partial charge >= 0.3 is 0 Å². The fraction of sp³-hybridized carbons (Fsp3) is 0.429. The lowest BCUT2D eigenvalue weighted by molar-refractivity contribution is 0.318. The minimum absolute atomic E-state index is 0.298. The van der Waals surface area contributed by atoms with Gasteiger partial charge in [0.05, 0.1) is 0 Å². The van der Waals surface area contributed by atoms with Crippen molar-refractivity contribution in [3.8, 4) is 0 Å². The van der Waals surface area contributed by atoms with E-state index >= 15 is 0 Å². The van der Waals surface area contributed by atoms with Gasteiger partial charge in [0, 0.05) is 18.7 Å². The topological polar surface area (TPSA) is 26.3 Å². The van der Waals surface area contributed by atoms with Crippen LogP contribution in [0.3, 0.4) is 0 Å². The van der Waals surface area contributed by atoms with E-state index in [9.17, 15) is 8.94 Å². The zero-order chi connectivity index (χ0) is 13.1. The van der Waals surface area contributed by atoms with Crippen molar-refractivity contribution in [3.63, 3.8) is 0 Å². The number of hydrogen-bond acceptors (Lipinski definition) is 2. The van der Waals surface area contributed by atoms with E-state index in [4.69, 9.17) is 0 Å². The summed E-state index contributed by atoms with van der Waals surface area (Å²) in [7, 11) is 0. The Kier molecular flexibility index (Phi) is 4.43. The van der Waals surface area contributed by atoms with Gasteiger partial charge in [0.2, 0.25) is 0 Å². The number of benzene rings is 1. The highest BCUT2D eigenvalue weighted by atomic mass is 32.2. The Hall–Kier alpha value is -0.840. The second-order valence-corrected chi connectivity index (χ2v) is 5.79. The first kappa shape index (κ1) is 13.6. The summed E-state index contributed by atoms with van der Waals surface area (Å²) in [6, 6.07) is 5.15. The number of likely N-dealkylation sites (N-methyl/N-ethyl adjacent to an activating group) is 1. The number of nitrogens with zero attached hydrogens (tertiary/aromatic N) is 1. The highest BCUT2D eigenvalue weighted by molar-refractivity contribution is 7.90. The predicted molar refractivity (Wildman–Crippen MR) is 73.4 cm³/mol. The summed E-state index contributed by atoms with van der Waals surface area (Å²) in [5.41, 5.74) is 1.64. The van der Waals surface area contributed by atoms with Crippen LogP contribution < -0.4 is 0 Å². The molecular weight excluding hydrogens is 249 g/mol. The molecule has 1 aliphatic rings. The molecule has 1 unspecified atom stereocenters. The summed E-state index contributed by atoms with van der Waals surface area (Å²) in [5, 5.41) is 0. The summed E-state index contributed by atoms with van der Waals surface area (Å²) >= 11 is -1.28. The molecule has 1 aromatic carbocycles. The van der Waals surface area contributed by atoms with E-state index in [1.807, 2.05) is 0 Å². The second kappa shape index (κ2) is 5.87. The van der Waals surface area contributed by atoms with E-state index in [0.29, 0.717) is 10.5 Å². The summed E-state index contributed by atoms with van der Waals surface area (Å²) in [4.78, 5) is 2.61. The predicted octanol–water partition coefficient (Wildman–Crippen LogP) is 2.67. The first-order valence-electron chi connectivity index (χ1n) is 6.17. The Morgan fingerprint density at radius 1 is 1.44 bits per heavy atom. The van der Waals surface area contributed by atoms with Gasteiger partial charge in [-0.2, -0.15) is 0 Å². The standard InChI is InChI=1S/C14H18FNOS/c1-3-16-9-7-11(8-10-16)12-5-4-6-13(14(12)15)18(2)17/h4-7H,3,8-10H2,1-2H3. The lowest BCUT2D eigenvalue weighted by Gasteiger charge is -2.25. The van der Waals surface area contributed by atoms with Crippen molar-refractivity contribution < 1.29 is 8.94 Å². The molecule has 98 valence electrons. The highest BCUT2D eigenvalue weighted by Gasteiger charge is 2.19. The van der Waals surface area contributed by atoms with Gasteiger partial charge in [-0.15, -0.1) is 0 Å². The van der Waals surface area contributed by atoms with Gasteiger partial charge in [-0.1, -0.05) is 25.1 Å². The molecule has 1 heterocycles. The van der Waals surface area contributed by atoms with Gasteiger partial charge < -0.3 is 4.55 Å². The molecule has 0 radical (unpaired) electrons. The highest BCUT2D eigenvalue weighted by Crippen LogP contribution is 2.28. The fourth-order valence-corrected chi connectivity index (χ4v) is 2.86. The van der Waals surface area contributed by atoms with E-state index < -0.39 is 11.2 Å². The van der Waals surface area contributed by atoms with Crippen molar-refractivity contribution in [2.24, 2.45) is 0 Å². The Morgan fingerprint density at radius 2 is 2.22 bits per heavy atom. The van der Waals surface area contributed by atoms with Crippen LogP contribution in [0.25, 0.3) is 5.57 Å². The van der Waals surface area contributed by atoms with Gasteiger partial charge in [0.25, 0.3) is 0 Å². The fourth-order valence-electron chi connectivity index (χ4n) is 2.22. The molecule has 18 heavy (non-hydrogen) atoms. The van der Waals surface area contributed by atoms with Crippen LogP contribution in [0.15, 0.2) is 29.2 Å². The summed E-state index contributed by atoms with van der Waals surface area (Å²) in [6.45, 7) is 4.97. The van der Waals surface area contributed by atoms with Crippen LogP contribution in [0.2, 0.25) is 0 Å². The number of hydrogen-bond donors (Lipinski definition) is 0. The lowest BCUT2D eigenvalue weighted by atomic mass is 9.99. The zero-order valence-electron chi connectivity index (χ0n) is 10.8. The molecule has 1 aromatic rings. The molecule has 0 spiro atoms. The van der Waals surface area contributed by atoms with Gasteiger partial charge in [0.15, 0.2) is 10.7 Å². The molecule has 0 saturated carbocycles. The first-order valence-corrected chi connectivity index (χ1v) is 7.73. The maximum atomic E-state index is 14.2. The van der Waals surface area contributed by atoms with Crippen molar-refractivity contribution >= 4 is 16.7 Å². The van der Waals surface area contributed by atoms with Crippen LogP contribution in [-0.2, 0) is 11.2 Å². The molecule has 0 bridgehead atoms. The molecule has 1 aliphatic heterocycles. The number of rotatable bonds is 3. The molecule has 0 aliphatic carbocycles. The van der Waals surface area contributed by atoms with Crippen LogP contribution in [0.5, 0.6) is 0 Å². The van der Waals surface area contributed by atoms with Gasteiger partial charge in [0.1, 0.15) is 6.26 Å². The quantitative estimate of drug-likeness (QED) is 0.787. The molecule has 2 rings (SSSR count). The van der Waals surface area contributed by atoms with Crippen LogP contribution in [0, 0.1) is 5.82 Å². The van der Waals surface area contributed by atoms with Crippen molar-refractivity contribution in [2.75, 3.05) is 25.9 Å². The minimum Gasteiger partial charge on any atom is -0.612 e. The van der Waals surface area contributed by atoms with Crippen LogP contribution in [0.1, 0.15) is 18.9 Å². The average molecular weight is 267 g/mol. The first-order chi connectivity index (χ1) is 8.63. The van der Waals surface area contributed by atoms with E-state index in [0.717, 1.165) is 31.6 Å². The molecule has 2 nitrogen and oxygen atoms in total. The Balaban J connectivity index is 2.29. The van der Waals surface area contributed by atoms with Gasteiger partial charge in [-0.3, -0.25) is 4.90 Å². The average Bonchev–Trinajstić information content (AvgIpc) is 2.39. The van der Waals surface area contributed by atoms with Crippen LogP contribution >= 0.6 is 0 Å². The normalized spacial score (nSPS) is 18.6. The monoisotopic (exact) mass is 267 g/mol. The molecule has 0 N–H and O–H groups in total. The molecule has 0 amide bonds. The third kappa shape index (κ3) is 2.76. The van der Waals surface area contributed by atoms with Crippen molar-refractivity contribution in [1.29, 1.82) is 0 Å². The molecule has 0 aromatic heterocycles. The molecule has 4 heteroatoms. The van der Waals surface area contributed by atoms with Gasteiger partial charge in [-0.25, -0.2) is 4.39 Å². The molecular formula is C14H18FNOS. The van der Waals surface area contributed by atoms with Gasteiger partial charge in [-0.05, 0) is 35.8 Å². The Labute approximate surface area is 111 Å². The zero-order valence-corrected chi connectivity index (χ0v) is 11.6. The SMILES string of the molecule is CCN1CC=C(c2cccc([S+](C)[O-])c2F)CC1. The third-order valence-electron chi connectivity index (χ3n) is 3.36. The van der Waals surface area contributed by atoms with E-state index in [1.165, 1.54) is 6.26 Å². The molecule has 0 fully saturated rings. The lowest BCUT2D eigenvalue weighted by Crippen LogP contribution is -2.28. The summed E-state index contributed by atoms with van der Waals surface area (Å²) in [6.07, 6.45) is 4.44. The summed E-state index contributed by atoms with van der Waals surface area (Å²) < 4.78 is 25.7. The van der Waals surface area contributed by atoms with Crippen molar-refractivity contribution in [3.05, 3.63) is 35.7 Å². The Morgan fingerprint density at radius 3 is 2.78 bits per heavy atom. The van der Waals surface area contributed by atoms with E-state index in [1.54, 1.807) is 18.2 Å². The second-order valence-electron chi connectivity index (χ2n) is 4.44. The Bertz CT molecular complexity index is 459. The molecule has 1 atom stereocenters. The summed E-state index contributed by atoms with van der Waals surface area (Å²) in [5.74, 6) is -0.325. The maximum Gasteiger partial charge on any atom is 0.188 e. The van der Waals surface area contributed by atoms with E-state index in [-0.39, 0.29) is 5.82 Å². The van der Waals surface area contributed by atoms with Crippen molar-refractivity contribution in [1.82, 2.24) is 4.90 Å². The van der Waals surface area contributed by atoms with Crippen LogP contribution in [0.4, 0.5) is 4.39 Å². The largest absolute Gasteiger partial charge is 0.612 e. The maximum absolute atomic E-state index is 14.2. The third-order valence-corrected chi connectivity index (χ3v) is 4.29. The smallest absolute Gasteiger partial charge is 0.188 e. The minimum atomic E-state index is -1.28. The number of halogens is 1. The van der Waals surface area contributed by atoms with Crippen molar-refractivity contribution in [2.45, 2.75) is 18.2 Å².